The molecule has 0 aromatic rings. The fraction of sp³-hybridized carbons (Fsp3) is 0.917. The van der Waals surface area contributed by atoms with Gasteiger partial charge in [0, 0.05) is 6.42 Å². The van der Waals surface area contributed by atoms with Gasteiger partial charge in [0.2, 0.25) is 5.91 Å². The Morgan fingerprint density at radius 3 is 1.20 bits per heavy atom. The summed E-state index contributed by atoms with van der Waals surface area (Å²) in [5, 5.41) is 14.0. The Labute approximate surface area is 430 Å². The SMILES string of the molecule is CCCCCCC/C=C\C/C=C\CCCCCCCCCCCCCCCCCCCCCC(=O)NC(COP(=O)([O-])OCC[N+](C)(C)C)C(O)CCCCCCCCCCCCCCCCCC. The molecule has 0 spiro atoms. The summed E-state index contributed by atoms with van der Waals surface area (Å²) in [5.41, 5.74) is 0. The number of unbranched alkanes of at least 4 members (excludes halogenated alkanes) is 39. The predicted octanol–water partition coefficient (Wildman–Crippen LogP) is 17.7. The minimum absolute atomic E-state index is 0.0147. The number of likely N-dealkylation sites (N-methyl/N-ethyl adjacent to an activating group) is 1. The topological polar surface area (TPSA) is 108 Å². The minimum Gasteiger partial charge on any atom is -0.756 e. The van der Waals surface area contributed by atoms with Crippen LogP contribution >= 0.6 is 7.82 Å². The van der Waals surface area contributed by atoms with Crippen molar-refractivity contribution in [1.29, 1.82) is 0 Å². The Bertz CT molecular complexity index is 1170. The maximum absolute atomic E-state index is 13.0. The van der Waals surface area contributed by atoms with E-state index in [9.17, 15) is 19.4 Å². The second-order valence-corrected chi connectivity index (χ2v) is 23.5. The standard InChI is InChI=1S/C60H119N2O6P/c1-6-8-10-12-14-16-18-20-22-24-25-26-27-28-29-30-31-32-33-34-35-36-37-38-40-42-44-46-48-50-52-54-60(64)61-58(57-68-69(65,66)67-56-55-62(3,4)5)59(63)53-51-49-47-45-43-41-39-23-21-19-17-15-13-11-9-7-2/h18,20,24-25,58-59,63H,6-17,19,21-23,26-57H2,1-5H3,(H-,61,64,65,66)/b20-18-,25-24-. The number of aliphatic hydroxyl groups excluding tert-OH is 1. The summed E-state index contributed by atoms with van der Waals surface area (Å²) < 4.78 is 23.4. The van der Waals surface area contributed by atoms with Gasteiger partial charge in [0.1, 0.15) is 13.2 Å². The zero-order valence-corrected chi connectivity index (χ0v) is 47.7. The van der Waals surface area contributed by atoms with Crippen molar-refractivity contribution in [3.05, 3.63) is 24.3 Å². The molecule has 0 rings (SSSR count). The molecule has 0 radical (unpaired) electrons. The summed E-state index contributed by atoms with van der Waals surface area (Å²) in [6.45, 7) is 4.75. The van der Waals surface area contributed by atoms with E-state index in [1.165, 1.54) is 231 Å². The molecule has 1 amide bonds. The Kier molecular flexibility index (Phi) is 51.1. The second-order valence-electron chi connectivity index (χ2n) is 22.1. The lowest BCUT2D eigenvalue weighted by Gasteiger charge is -2.30. The van der Waals surface area contributed by atoms with Crippen molar-refractivity contribution in [3.8, 4) is 0 Å². The highest BCUT2D eigenvalue weighted by Crippen LogP contribution is 2.38. The molecular weight excluding hydrogens is 876 g/mol. The Balaban J connectivity index is 4.02. The van der Waals surface area contributed by atoms with Crippen LogP contribution in [0.4, 0.5) is 0 Å². The lowest BCUT2D eigenvalue weighted by Crippen LogP contribution is -2.46. The number of carbonyl (C=O) groups is 1. The molecular formula is C60H119N2O6P. The van der Waals surface area contributed by atoms with Crippen molar-refractivity contribution in [2.24, 2.45) is 0 Å². The molecule has 0 fully saturated rings. The number of carbonyl (C=O) groups excluding carboxylic acids is 1. The quantitative estimate of drug-likeness (QED) is 0.0272. The summed E-state index contributed by atoms with van der Waals surface area (Å²) in [4.78, 5) is 25.5. The van der Waals surface area contributed by atoms with E-state index in [2.05, 4.69) is 43.5 Å². The van der Waals surface area contributed by atoms with Gasteiger partial charge in [0.25, 0.3) is 7.82 Å². The number of phosphoric ester groups is 1. The number of phosphoric acid groups is 1. The summed E-state index contributed by atoms with van der Waals surface area (Å²) in [6, 6.07) is -0.798. The second kappa shape index (κ2) is 51.9. The van der Waals surface area contributed by atoms with E-state index in [1.807, 2.05) is 21.1 Å². The highest BCUT2D eigenvalue weighted by Gasteiger charge is 2.24. The molecule has 0 saturated carbocycles. The third-order valence-corrected chi connectivity index (χ3v) is 14.9. The summed E-state index contributed by atoms with van der Waals surface area (Å²) in [7, 11) is 1.32. The lowest BCUT2D eigenvalue weighted by atomic mass is 10.0. The van der Waals surface area contributed by atoms with Crippen molar-refractivity contribution < 1.29 is 32.9 Å². The maximum atomic E-state index is 13.0. The number of nitrogens with zero attached hydrogens (tertiary/aromatic N) is 1. The summed E-state index contributed by atoms with van der Waals surface area (Å²) >= 11 is 0. The van der Waals surface area contributed by atoms with Crippen LogP contribution in [0.1, 0.15) is 303 Å². The normalized spacial score (nSPS) is 14.0. The molecule has 0 aliphatic carbocycles. The molecule has 3 unspecified atom stereocenters. The molecule has 0 bridgehead atoms. The largest absolute Gasteiger partial charge is 0.756 e. The third kappa shape index (κ3) is 54.6. The Hall–Kier alpha value is -1.02. The van der Waals surface area contributed by atoms with Gasteiger partial charge >= 0.3 is 0 Å². The van der Waals surface area contributed by atoms with Crippen LogP contribution in [0.5, 0.6) is 0 Å². The average Bonchev–Trinajstić information content (AvgIpc) is 3.31. The predicted molar refractivity (Wildman–Crippen MR) is 298 cm³/mol. The molecule has 0 aromatic heterocycles. The highest BCUT2D eigenvalue weighted by atomic mass is 31.2. The van der Waals surface area contributed by atoms with E-state index in [0.29, 0.717) is 23.9 Å². The van der Waals surface area contributed by atoms with Crippen LogP contribution in [0.15, 0.2) is 24.3 Å². The molecule has 0 aliphatic heterocycles. The first-order chi connectivity index (χ1) is 33.5. The average molecular weight is 996 g/mol. The van der Waals surface area contributed by atoms with Gasteiger partial charge in [-0.1, -0.05) is 276 Å². The van der Waals surface area contributed by atoms with E-state index in [1.54, 1.807) is 0 Å². The first-order valence-corrected chi connectivity index (χ1v) is 31.6. The van der Waals surface area contributed by atoms with Gasteiger partial charge in [0.15, 0.2) is 0 Å². The maximum Gasteiger partial charge on any atom is 0.268 e. The first kappa shape index (κ1) is 68.0. The van der Waals surface area contributed by atoms with Gasteiger partial charge in [-0.2, -0.15) is 0 Å². The van der Waals surface area contributed by atoms with Crippen LogP contribution in [-0.4, -0.2) is 68.5 Å². The van der Waals surface area contributed by atoms with Crippen LogP contribution in [0.25, 0.3) is 0 Å². The molecule has 0 saturated heterocycles. The van der Waals surface area contributed by atoms with Crippen LogP contribution in [0, 0.1) is 0 Å². The van der Waals surface area contributed by atoms with Gasteiger partial charge in [0.05, 0.1) is 39.9 Å². The van der Waals surface area contributed by atoms with Gasteiger partial charge < -0.3 is 28.8 Å². The Morgan fingerprint density at radius 1 is 0.507 bits per heavy atom. The van der Waals surface area contributed by atoms with Gasteiger partial charge in [-0.15, -0.1) is 0 Å². The number of quaternary nitrogens is 1. The van der Waals surface area contributed by atoms with Gasteiger partial charge in [-0.25, -0.2) is 0 Å². The third-order valence-electron chi connectivity index (χ3n) is 13.9. The molecule has 8 nitrogen and oxygen atoms in total. The lowest BCUT2D eigenvalue weighted by molar-refractivity contribution is -0.870. The van der Waals surface area contributed by atoms with E-state index in [-0.39, 0.29) is 19.1 Å². The molecule has 9 heteroatoms. The van der Waals surface area contributed by atoms with Crippen molar-refractivity contribution in [2.75, 3.05) is 40.9 Å². The minimum atomic E-state index is -4.57. The smallest absolute Gasteiger partial charge is 0.268 e. The van der Waals surface area contributed by atoms with E-state index in [0.717, 1.165) is 44.9 Å². The number of aliphatic hydroxyl groups is 1. The van der Waals surface area contributed by atoms with Crippen molar-refractivity contribution in [1.82, 2.24) is 5.32 Å². The van der Waals surface area contributed by atoms with Crippen LogP contribution in [0.2, 0.25) is 0 Å². The molecule has 3 atom stereocenters. The van der Waals surface area contributed by atoms with Crippen molar-refractivity contribution >= 4 is 13.7 Å². The molecule has 0 heterocycles. The number of rotatable bonds is 56. The highest BCUT2D eigenvalue weighted by molar-refractivity contribution is 7.45. The van der Waals surface area contributed by atoms with E-state index < -0.39 is 20.0 Å². The number of allylic oxidation sites excluding steroid dienone is 4. The van der Waals surface area contributed by atoms with Gasteiger partial charge in [-0.05, 0) is 44.9 Å². The van der Waals surface area contributed by atoms with Crippen LogP contribution < -0.4 is 10.2 Å². The van der Waals surface area contributed by atoms with Crippen LogP contribution in [-0.2, 0) is 18.4 Å². The zero-order valence-electron chi connectivity index (χ0n) is 46.8. The first-order valence-electron chi connectivity index (χ1n) is 30.2. The number of nitrogens with one attached hydrogen (secondary N) is 1. The van der Waals surface area contributed by atoms with E-state index >= 15 is 0 Å². The molecule has 0 aliphatic rings. The summed E-state index contributed by atoms with van der Waals surface area (Å²) in [5.74, 6) is -0.159. The zero-order chi connectivity index (χ0) is 50.6. The molecule has 2 N–H and O–H groups in total. The molecule has 0 aromatic carbocycles. The summed E-state index contributed by atoms with van der Waals surface area (Å²) in [6.07, 6.45) is 65.0. The van der Waals surface area contributed by atoms with Gasteiger partial charge in [-0.3, -0.25) is 9.36 Å². The molecule has 410 valence electrons. The number of amides is 1. The monoisotopic (exact) mass is 995 g/mol. The fourth-order valence-corrected chi connectivity index (χ4v) is 9.91. The number of hydrogen-bond acceptors (Lipinski definition) is 6. The van der Waals surface area contributed by atoms with Crippen LogP contribution in [0.3, 0.4) is 0 Å². The fourth-order valence-electron chi connectivity index (χ4n) is 9.19. The number of hydrogen-bond donors (Lipinski definition) is 2. The molecule has 69 heavy (non-hydrogen) atoms. The Morgan fingerprint density at radius 2 is 0.841 bits per heavy atom. The van der Waals surface area contributed by atoms with Crippen molar-refractivity contribution in [2.45, 2.75) is 315 Å². The van der Waals surface area contributed by atoms with E-state index in [4.69, 9.17) is 9.05 Å². The van der Waals surface area contributed by atoms with Crippen molar-refractivity contribution in [3.63, 3.8) is 0 Å².